The van der Waals surface area contributed by atoms with Gasteiger partial charge in [-0.2, -0.15) is 0 Å². The Bertz CT molecular complexity index is 373. The fourth-order valence-electron chi connectivity index (χ4n) is 1.97. The monoisotopic (exact) mass is 288 g/mol. The van der Waals surface area contributed by atoms with Crippen LogP contribution in [0.3, 0.4) is 0 Å². The Morgan fingerprint density at radius 2 is 2.25 bits per heavy atom. The van der Waals surface area contributed by atoms with E-state index in [-0.39, 0.29) is 31.2 Å². The molecule has 8 nitrogen and oxygen atoms in total. The van der Waals surface area contributed by atoms with Gasteiger partial charge in [0.2, 0.25) is 11.8 Å². The smallest absolute Gasteiger partial charge is 0.332 e. The van der Waals surface area contributed by atoms with Gasteiger partial charge in [0, 0.05) is 39.6 Å². The van der Waals surface area contributed by atoms with Gasteiger partial charge in [-0.3, -0.25) is 9.59 Å². The standard InChI is InChI=1S/C12H20N2O6/c1-20-5-4-14-7-8(6-10(14)16)11(17)13-3-2-9(15)12(18)19/h8-9,15H,2-7H2,1H3,(H,13,17)(H,18,19). The normalized spacial score (nSPS) is 20.0. The van der Waals surface area contributed by atoms with E-state index in [1.54, 1.807) is 12.0 Å². The van der Waals surface area contributed by atoms with Gasteiger partial charge < -0.3 is 25.2 Å². The molecule has 0 aromatic rings. The molecule has 1 aliphatic heterocycles. The fourth-order valence-corrected chi connectivity index (χ4v) is 1.97. The van der Waals surface area contributed by atoms with Crippen molar-refractivity contribution in [2.75, 3.05) is 33.4 Å². The van der Waals surface area contributed by atoms with Crippen molar-refractivity contribution in [2.24, 2.45) is 5.92 Å². The van der Waals surface area contributed by atoms with Crippen molar-refractivity contribution >= 4 is 17.8 Å². The van der Waals surface area contributed by atoms with Crippen molar-refractivity contribution in [1.29, 1.82) is 0 Å². The van der Waals surface area contributed by atoms with Crippen LogP contribution in [0.5, 0.6) is 0 Å². The topological polar surface area (TPSA) is 116 Å². The number of nitrogens with one attached hydrogen (secondary N) is 1. The van der Waals surface area contributed by atoms with Gasteiger partial charge in [-0.15, -0.1) is 0 Å². The lowest BCUT2D eigenvalue weighted by molar-refractivity contribution is -0.147. The highest BCUT2D eigenvalue weighted by Gasteiger charge is 2.33. The van der Waals surface area contributed by atoms with Crippen molar-refractivity contribution in [3.05, 3.63) is 0 Å². The Hall–Kier alpha value is -1.67. The van der Waals surface area contributed by atoms with Crippen LogP contribution in [-0.2, 0) is 19.1 Å². The van der Waals surface area contributed by atoms with E-state index in [1.807, 2.05) is 0 Å². The lowest BCUT2D eigenvalue weighted by atomic mass is 10.1. The minimum atomic E-state index is -1.49. The van der Waals surface area contributed by atoms with Crippen molar-refractivity contribution in [3.63, 3.8) is 0 Å². The average Bonchev–Trinajstić information content (AvgIpc) is 2.77. The number of carbonyl (C=O) groups excluding carboxylic acids is 2. The van der Waals surface area contributed by atoms with Gasteiger partial charge >= 0.3 is 5.97 Å². The number of ether oxygens (including phenoxy) is 1. The Labute approximate surface area is 116 Å². The van der Waals surface area contributed by atoms with Crippen LogP contribution in [0.4, 0.5) is 0 Å². The number of carbonyl (C=O) groups is 3. The highest BCUT2D eigenvalue weighted by Crippen LogP contribution is 2.17. The SMILES string of the molecule is COCCN1CC(C(=O)NCCC(O)C(=O)O)CC1=O. The summed E-state index contributed by atoms with van der Waals surface area (Å²) in [7, 11) is 1.54. The van der Waals surface area contributed by atoms with Gasteiger partial charge in [-0.05, 0) is 0 Å². The summed E-state index contributed by atoms with van der Waals surface area (Å²) in [4.78, 5) is 35.4. The number of hydrogen-bond acceptors (Lipinski definition) is 5. The maximum Gasteiger partial charge on any atom is 0.332 e. The number of aliphatic carboxylic acids is 1. The van der Waals surface area contributed by atoms with Gasteiger partial charge in [-0.25, -0.2) is 4.79 Å². The molecule has 2 unspecified atom stereocenters. The third-order valence-corrected chi connectivity index (χ3v) is 3.15. The quantitative estimate of drug-likeness (QED) is 0.497. The first-order valence-corrected chi connectivity index (χ1v) is 6.41. The summed E-state index contributed by atoms with van der Waals surface area (Å²) in [5.74, 6) is -2.13. The van der Waals surface area contributed by atoms with E-state index in [0.29, 0.717) is 19.7 Å². The summed E-state index contributed by atoms with van der Waals surface area (Å²) >= 11 is 0. The second-order valence-electron chi connectivity index (χ2n) is 4.67. The highest BCUT2D eigenvalue weighted by molar-refractivity contribution is 5.89. The predicted molar refractivity (Wildman–Crippen MR) is 67.8 cm³/mol. The molecule has 1 aliphatic rings. The molecule has 0 bridgehead atoms. The second-order valence-corrected chi connectivity index (χ2v) is 4.67. The summed E-state index contributed by atoms with van der Waals surface area (Å²) in [6, 6.07) is 0. The van der Waals surface area contributed by atoms with Crippen LogP contribution >= 0.6 is 0 Å². The Balaban J connectivity index is 2.31. The number of amides is 2. The number of carboxylic acids is 1. The van der Waals surface area contributed by atoms with Crippen LogP contribution < -0.4 is 5.32 Å². The Morgan fingerprint density at radius 3 is 2.85 bits per heavy atom. The number of methoxy groups -OCH3 is 1. The third-order valence-electron chi connectivity index (χ3n) is 3.15. The molecule has 0 aromatic carbocycles. The van der Waals surface area contributed by atoms with Crippen LogP contribution in [0.25, 0.3) is 0 Å². The number of hydrogen-bond donors (Lipinski definition) is 3. The van der Waals surface area contributed by atoms with Crippen molar-refractivity contribution < 1.29 is 29.3 Å². The molecule has 2 amide bonds. The van der Waals surface area contributed by atoms with Crippen molar-refractivity contribution in [2.45, 2.75) is 18.9 Å². The molecule has 0 spiro atoms. The van der Waals surface area contributed by atoms with Gasteiger partial charge in [0.25, 0.3) is 0 Å². The second kappa shape index (κ2) is 7.81. The van der Waals surface area contributed by atoms with E-state index in [4.69, 9.17) is 14.9 Å². The summed E-state index contributed by atoms with van der Waals surface area (Å²) < 4.78 is 4.88. The first-order valence-electron chi connectivity index (χ1n) is 6.41. The molecule has 1 fully saturated rings. The summed E-state index contributed by atoms with van der Waals surface area (Å²) in [6.07, 6.45) is -1.40. The summed E-state index contributed by atoms with van der Waals surface area (Å²) in [6.45, 7) is 1.28. The third kappa shape index (κ3) is 4.78. The molecule has 3 N–H and O–H groups in total. The zero-order valence-electron chi connectivity index (χ0n) is 11.4. The van der Waals surface area contributed by atoms with Crippen LogP contribution in [0.2, 0.25) is 0 Å². The summed E-state index contributed by atoms with van der Waals surface area (Å²) in [5.41, 5.74) is 0. The zero-order valence-corrected chi connectivity index (χ0v) is 11.4. The highest BCUT2D eigenvalue weighted by atomic mass is 16.5. The number of aliphatic hydroxyl groups is 1. The van der Waals surface area contributed by atoms with Gasteiger partial charge in [-0.1, -0.05) is 0 Å². The number of nitrogens with zero attached hydrogens (tertiary/aromatic N) is 1. The van der Waals surface area contributed by atoms with Gasteiger partial charge in [0.15, 0.2) is 6.10 Å². The lowest BCUT2D eigenvalue weighted by Crippen LogP contribution is -2.36. The van der Waals surface area contributed by atoms with E-state index < -0.39 is 18.0 Å². The molecule has 0 aromatic heterocycles. The first kappa shape index (κ1) is 16.4. The summed E-state index contributed by atoms with van der Waals surface area (Å²) in [5, 5.41) is 20.1. The fraction of sp³-hybridized carbons (Fsp3) is 0.750. The molecule has 1 saturated heterocycles. The van der Waals surface area contributed by atoms with E-state index in [0.717, 1.165) is 0 Å². The van der Waals surface area contributed by atoms with Crippen molar-refractivity contribution in [1.82, 2.24) is 10.2 Å². The molecule has 114 valence electrons. The molecule has 20 heavy (non-hydrogen) atoms. The van der Waals surface area contributed by atoms with Gasteiger partial charge in [0.05, 0.1) is 12.5 Å². The molecule has 8 heteroatoms. The predicted octanol–water partition coefficient (Wildman–Crippen LogP) is -1.57. The maximum atomic E-state index is 11.8. The van der Waals surface area contributed by atoms with Crippen LogP contribution in [0, 0.1) is 5.92 Å². The van der Waals surface area contributed by atoms with E-state index >= 15 is 0 Å². The molecule has 1 rings (SSSR count). The molecule has 2 atom stereocenters. The lowest BCUT2D eigenvalue weighted by Gasteiger charge is -2.16. The van der Waals surface area contributed by atoms with E-state index in [2.05, 4.69) is 5.32 Å². The molecule has 0 radical (unpaired) electrons. The molecular weight excluding hydrogens is 268 g/mol. The number of rotatable bonds is 8. The maximum absolute atomic E-state index is 11.8. The molecule has 0 aliphatic carbocycles. The number of carboxylic acid groups (broad SMARTS) is 1. The Morgan fingerprint density at radius 1 is 1.55 bits per heavy atom. The number of aliphatic hydroxyl groups excluding tert-OH is 1. The zero-order chi connectivity index (χ0) is 15.1. The molecular formula is C12H20N2O6. The van der Waals surface area contributed by atoms with Crippen LogP contribution in [0.1, 0.15) is 12.8 Å². The van der Waals surface area contributed by atoms with E-state index in [1.165, 1.54) is 0 Å². The van der Waals surface area contributed by atoms with Crippen molar-refractivity contribution in [3.8, 4) is 0 Å². The molecule has 0 saturated carbocycles. The first-order chi connectivity index (χ1) is 9.45. The minimum absolute atomic E-state index is 0.0604. The van der Waals surface area contributed by atoms with Crippen LogP contribution in [-0.4, -0.2) is 72.4 Å². The van der Waals surface area contributed by atoms with Gasteiger partial charge in [0.1, 0.15) is 0 Å². The van der Waals surface area contributed by atoms with Crippen LogP contribution in [0.15, 0.2) is 0 Å². The van der Waals surface area contributed by atoms with E-state index in [9.17, 15) is 14.4 Å². The molecule has 1 heterocycles. The largest absolute Gasteiger partial charge is 0.479 e. The Kier molecular flexibility index (Phi) is 6.40. The average molecular weight is 288 g/mol. The number of likely N-dealkylation sites (tertiary alicyclic amines) is 1. The minimum Gasteiger partial charge on any atom is -0.479 e.